The number of piperazine rings is 1. The fraction of sp³-hybridized carbons (Fsp3) is 0.348. The van der Waals surface area contributed by atoms with Crippen LogP contribution in [0, 0.1) is 6.92 Å². The van der Waals surface area contributed by atoms with Crippen LogP contribution in [0.3, 0.4) is 0 Å². The molecule has 10 heteroatoms. The van der Waals surface area contributed by atoms with Crippen LogP contribution in [0.25, 0.3) is 16.7 Å². The number of carbonyl (C=O) groups excluding carboxylic acids is 1. The van der Waals surface area contributed by atoms with Crippen LogP contribution in [0.5, 0.6) is 6.01 Å². The third-order valence-corrected chi connectivity index (χ3v) is 5.72. The van der Waals surface area contributed by atoms with E-state index in [-0.39, 0.29) is 11.9 Å². The number of anilines is 2. The van der Waals surface area contributed by atoms with E-state index < -0.39 is 0 Å². The van der Waals surface area contributed by atoms with Gasteiger partial charge < -0.3 is 20.3 Å². The molecule has 0 saturated carbocycles. The Morgan fingerprint density at radius 1 is 1.12 bits per heavy atom. The Bertz CT molecular complexity index is 1340. The van der Waals surface area contributed by atoms with Crippen molar-refractivity contribution in [2.24, 2.45) is 0 Å². The number of amides is 1. The first kappa shape index (κ1) is 21.1. The summed E-state index contributed by atoms with van der Waals surface area (Å²) in [7, 11) is 1.51. The van der Waals surface area contributed by atoms with Gasteiger partial charge in [-0.3, -0.25) is 9.20 Å². The van der Waals surface area contributed by atoms with E-state index in [0.717, 1.165) is 29.9 Å². The number of benzene rings is 1. The van der Waals surface area contributed by atoms with Gasteiger partial charge >= 0.3 is 6.01 Å². The van der Waals surface area contributed by atoms with Crippen LogP contribution in [-0.2, 0) is 0 Å². The normalized spacial score (nSPS) is 18.6. The highest BCUT2D eigenvalue weighted by atomic mass is 16.5. The van der Waals surface area contributed by atoms with Crippen molar-refractivity contribution in [2.45, 2.75) is 32.9 Å². The van der Waals surface area contributed by atoms with Crippen LogP contribution in [0.4, 0.5) is 11.4 Å². The topological polar surface area (TPSA) is 110 Å². The molecule has 0 bridgehead atoms. The lowest BCUT2D eigenvalue weighted by molar-refractivity contribution is 0.102. The Balaban J connectivity index is 1.53. The van der Waals surface area contributed by atoms with E-state index in [0.29, 0.717) is 34.6 Å². The van der Waals surface area contributed by atoms with Gasteiger partial charge in [0, 0.05) is 54.8 Å². The van der Waals surface area contributed by atoms with Crippen molar-refractivity contribution >= 4 is 34.0 Å². The van der Waals surface area contributed by atoms with E-state index in [1.54, 1.807) is 23.0 Å². The Labute approximate surface area is 191 Å². The Morgan fingerprint density at radius 2 is 1.91 bits per heavy atom. The maximum atomic E-state index is 13.3. The van der Waals surface area contributed by atoms with Crippen LogP contribution in [0.15, 0.2) is 36.9 Å². The fourth-order valence-electron chi connectivity index (χ4n) is 4.44. The van der Waals surface area contributed by atoms with Crippen LogP contribution in [0.1, 0.15) is 29.9 Å². The zero-order valence-electron chi connectivity index (χ0n) is 19.0. The summed E-state index contributed by atoms with van der Waals surface area (Å²) in [5, 5.41) is 7.28. The molecule has 0 unspecified atom stereocenters. The number of nitrogens with one attached hydrogen (secondary N) is 2. The summed E-state index contributed by atoms with van der Waals surface area (Å²) >= 11 is 0. The first-order chi connectivity index (χ1) is 15.9. The molecule has 4 aromatic rings. The average molecular weight is 447 g/mol. The highest BCUT2D eigenvalue weighted by Gasteiger charge is 2.24. The molecule has 170 valence electrons. The van der Waals surface area contributed by atoms with E-state index in [1.807, 2.05) is 25.3 Å². The molecule has 0 radical (unpaired) electrons. The lowest BCUT2D eigenvalue weighted by Crippen LogP contribution is -2.54. The second kappa shape index (κ2) is 8.28. The minimum absolute atomic E-state index is 0.215. The number of rotatable bonds is 4. The highest BCUT2D eigenvalue weighted by Crippen LogP contribution is 2.31. The third kappa shape index (κ3) is 4.05. The molecular weight excluding hydrogens is 420 g/mol. The predicted molar refractivity (Wildman–Crippen MR) is 126 cm³/mol. The molecule has 1 amide bonds. The van der Waals surface area contributed by atoms with Gasteiger partial charge in [0.25, 0.3) is 5.91 Å². The van der Waals surface area contributed by atoms with Gasteiger partial charge in [-0.25, -0.2) is 15.0 Å². The molecule has 33 heavy (non-hydrogen) atoms. The predicted octanol–water partition coefficient (Wildman–Crippen LogP) is 2.43. The van der Waals surface area contributed by atoms with Crippen LogP contribution in [-0.4, -0.2) is 62.5 Å². The number of aromatic nitrogens is 5. The summed E-state index contributed by atoms with van der Waals surface area (Å²) in [6.45, 7) is 7.94. The molecule has 2 atom stereocenters. The van der Waals surface area contributed by atoms with E-state index in [9.17, 15) is 4.79 Å². The molecule has 3 aromatic heterocycles. The van der Waals surface area contributed by atoms with Gasteiger partial charge in [-0.2, -0.15) is 4.98 Å². The summed E-state index contributed by atoms with van der Waals surface area (Å²) in [5.41, 5.74) is 3.40. The Morgan fingerprint density at radius 3 is 2.67 bits per heavy atom. The summed E-state index contributed by atoms with van der Waals surface area (Å²) in [6, 6.07) is 4.69. The zero-order valence-corrected chi connectivity index (χ0v) is 19.0. The van der Waals surface area contributed by atoms with Crippen molar-refractivity contribution in [1.82, 2.24) is 29.7 Å². The second-order valence-corrected chi connectivity index (χ2v) is 8.51. The monoisotopic (exact) mass is 446 g/mol. The second-order valence-electron chi connectivity index (χ2n) is 8.51. The number of ether oxygens (including phenoxy) is 1. The number of nitrogens with zero attached hydrogens (tertiary/aromatic N) is 6. The van der Waals surface area contributed by atoms with Gasteiger partial charge in [-0.05, 0) is 32.9 Å². The standard InChI is InChI=1S/C23H26N8O2/c1-13-9-30(10-14(2)26-13)19-6-5-17(20-18(19)8-25-23(29-20)33-4)21(32)28-16-7-24-22-27-15(3)11-31(22)12-16/h5-8,11-14,26H,9-10H2,1-4H3,(H,28,32)/t13-,14-/m0/s1. The number of fused-ring (bicyclic) bond motifs is 2. The van der Waals surface area contributed by atoms with Crippen LogP contribution in [0.2, 0.25) is 0 Å². The van der Waals surface area contributed by atoms with Gasteiger partial charge in [0.2, 0.25) is 5.78 Å². The number of carbonyl (C=O) groups is 1. The van der Waals surface area contributed by atoms with Crippen molar-refractivity contribution in [1.29, 1.82) is 0 Å². The lowest BCUT2D eigenvalue weighted by atomic mass is 10.0. The summed E-state index contributed by atoms with van der Waals surface area (Å²) in [6.07, 6.45) is 6.97. The van der Waals surface area contributed by atoms with Gasteiger partial charge in [0.1, 0.15) is 0 Å². The molecule has 1 aromatic carbocycles. The molecule has 0 spiro atoms. The van der Waals surface area contributed by atoms with Crippen molar-refractivity contribution in [2.75, 3.05) is 30.4 Å². The molecule has 4 heterocycles. The maximum absolute atomic E-state index is 13.3. The smallest absolute Gasteiger partial charge is 0.316 e. The maximum Gasteiger partial charge on any atom is 0.316 e. The van der Waals surface area contributed by atoms with Gasteiger partial charge in [-0.1, -0.05) is 0 Å². The first-order valence-electron chi connectivity index (χ1n) is 10.9. The summed E-state index contributed by atoms with van der Waals surface area (Å²) < 4.78 is 7.03. The van der Waals surface area contributed by atoms with Crippen molar-refractivity contribution in [3.8, 4) is 6.01 Å². The molecular formula is C23H26N8O2. The van der Waals surface area contributed by atoms with E-state index in [4.69, 9.17) is 4.74 Å². The van der Waals surface area contributed by atoms with Gasteiger partial charge in [0.15, 0.2) is 0 Å². The van der Waals surface area contributed by atoms with Crippen LogP contribution >= 0.6 is 0 Å². The molecule has 10 nitrogen and oxygen atoms in total. The molecule has 1 aliphatic rings. The molecule has 1 fully saturated rings. The number of hydrogen-bond donors (Lipinski definition) is 2. The SMILES string of the molecule is COc1ncc2c(N3C[C@H](C)N[C@@H](C)C3)ccc(C(=O)Nc3cnc4nc(C)cn4c3)c2n1. The van der Waals surface area contributed by atoms with Gasteiger partial charge in [0.05, 0.1) is 35.8 Å². The lowest BCUT2D eigenvalue weighted by Gasteiger charge is -2.38. The molecule has 5 rings (SSSR count). The quantitative estimate of drug-likeness (QED) is 0.492. The first-order valence-corrected chi connectivity index (χ1v) is 10.9. The number of hydrogen-bond acceptors (Lipinski definition) is 8. The van der Waals surface area contributed by atoms with E-state index >= 15 is 0 Å². The third-order valence-electron chi connectivity index (χ3n) is 5.72. The largest absolute Gasteiger partial charge is 0.467 e. The molecule has 1 saturated heterocycles. The summed E-state index contributed by atoms with van der Waals surface area (Å²) in [5.74, 6) is 0.296. The molecule has 1 aliphatic heterocycles. The minimum Gasteiger partial charge on any atom is -0.467 e. The van der Waals surface area contributed by atoms with E-state index in [1.165, 1.54) is 7.11 Å². The van der Waals surface area contributed by atoms with E-state index in [2.05, 4.69) is 49.3 Å². The van der Waals surface area contributed by atoms with Gasteiger partial charge in [-0.15, -0.1) is 0 Å². The molecule has 2 N–H and O–H groups in total. The zero-order chi connectivity index (χ0) is 23.1. The molecule has 0 aliphatic carbocycles. The van der Waals surface area contributed by atoms with Crippen LogP contribution < -0.4 is 20.3 Å². The Kier molecular flexibility index (Phi) is 5.29. The minimum atomic E-state index is -0.285. The van der Waals surface area contributed by atoms with Crippen molar-refractivity contribution < 1.29 is 9.53 Å². The van der Waals surface area contributed by atoms with Crippen molar-refractivity contribution in [3.05, 3.63) is 48.2 Å². The van der Waals surface area contributed by atoms with Crippen molar-refractivity contribution in [3.63, 3.8) is 0 Å². The average Bonchev–Trinajstić information content (AvgIpc) is 3.16. The fourth-order valence-corrected chi connectivity index (χ4v) is 4.44. The number of imidazole rings is 1. The number of aryl methyl sites for hydroxylation is 1. The number of methoxy groups -OCH3 is 1. The highest BCUT2D eigenvalue weighted by molar-refractivity contribution is 6.13. The Hall–Kier alpha value is -3.79. The summed E-state index contributed by atoms with van der Waals surface area (Å²) in [4.78, 5) is 33.1.